The molecule has 0 fully saturated rings. The lowest BCUT2D eigenvalue weighted by molar-refractivity contribution is 0.262. The second kappa shape index (κ2) is 9.72. The Morgan fingerprint density at radius 2 is 1.71 bits per heavy atom. The van der Waals surface area contributed by atoms with Gasteiger partial charge in [-0.2, -0.15) is 0 Å². The number of nitrogens with zero attached hydrogens (tertiary/aromatic N) is 2. The molecule has 3 rings (SSSR count). The lowest BCUT2D eigenvalue weighted by Crippen LogP contribution is -2.19. The molecule has 0 aliphatic heterocycles. The molecule has 3 N–H and O–H groups in total. The van der Waals surface area contributed by atoms with Gasteiger partial charge in [0.2, 0.25) is 5.95 Å². The molecule has 0 unspecified atom stereocenters. The molecule has 0 spiro atoms. The van der Waals surface area contributed by atoms with Crippen LogP contribution in [0.4, 0.5) is 27.8 Å². The number of nitrogens with one attached hydrogen (secondary N) is 3. The Bertz CT molecular complexity index is 920. The number of carbonyl (C=O) groups is 1. The molecule has 0 bridgehead atoms. The molecule has 1 heterocycles. The Hall–Kier alpha value is -3.10. The number of aromatic nitrogens is 2. The fourth-order valence-electron chi connectivity index (χ4n) is 2.33. The molecule has 0 aliphatic carbocycles. The second-order valence-electron chi connectivity index (χ2n) is 5.82. The van der Waals surface area contributed by atoms with Crippen LogP contribution in [-0.2, 0) is 4.18 Å². The van der Waals surface area contributed by atoms with E-state index >= 15 is 0 Å². The molecule has 8 heteroatoms. The molecule has 2 aromatic carbocycles. The smallest absolute Gasteiger partial charge is 0.323 e. The average molecular weight is 395 g/mol. The second-order valence-corrected chi connectivity index (χ2v) is 6.69. The number of aryl methyl sites for hydroxylation is 1. The van der Waals surface area contributed by atoms with Crippen molar-refractivity contribution in [3.05, 3.63) is 66.5 Å². The van der Waals surface area contributed by atoms with Crippen molar-refractivity contribution in [3.63, 3.8) is 0 Å². The van der Waals surface area contributed by atoms with Crippen molar-refractivity contribution >= 4 is 41.1 Å². The van der Waals surface area contributed by atoms with Crippen LogP contribution < -0.4 is 16.0 Å². The van der Waals surface area contributed by atoms with Gasteiger partial charge in [-0.15, -0.1) is 0 Å². The first kappa shape index (κ1) is 19.7. The van der Waals surface area contributed by atoms with Gasteiger partial charge in [0.05, 0.1) is 6.61 Å². The van der Waals surface area contributed by atoms with Crippen LogP contribution in [0.15, 0.2) is 65.8 Å². The number of hydrogen-bond acceptors (Lipinski definition) is 6. The molecule has 0 atom stereocenters. The van der Waals surface area contributed by atoms with Crippen LogP contribution in [0.3, 0.4) is 0 Å². The summed E-state index contributed by atoms with van der Waals surface area (Å²) in [5, 5.41) is 8.79. The van der Waals surface area contributed by atoms with Gasteiger partial charge in [0.15, 0.2) is 0 Å². The highest BCUT2D eigenvalue weighted by molar-refractivity contribution is 7.94. The Morgan fingerprint density at radius 3 is 2.43 bits per heavy atom. The highest BCUT2D eigenvalue weighted by Gasteiger charge is 2.07. The van der Waals surface area contributed by atoms with Gasteiger partial charge in [-0.3, -0.25) is 0 Å². The normalized spacial score (nSPS) is 10.4. The number of anilines is 4. The zero-order valence-corrected chi connectivity index (χ0v) is 16.4. The van der Waals surface area contributed by atoms with E-state index in [1.54, 1.807) is 18.5 Å². The molecule has 28 heavy (non-hydrogen) atoms. The third-order valence-electron chi connectivity index (χ3n) is 3.69. The fourth-order valence-corrected chi connectivity index (χ4v) is 2.83. The van der Waals surface area contributed by atoms with Crippen LogP contribution in [0.2, 0.25) is 0 Å². The zero-order valence-electron chi connectivity index (χ0n) is 15.6. The van der Waals surface area contributed by atoms with Gasteiger partial charge in [-0.05, 0) is 61.9 Å². The van der Waals surface area contributed by atoms with Crippen LogP contribution >= 0.6 is 12.0 Å². The van der Waals surface area contributed by atoms with Crippen LogP contribution in [0.1, 0.15) is 12.5 Å². The zero-order chi connectivity index (χ0) is 19.8. The quantitative estimate of drug-likeness (QED) is 0.476. The van der Waals surface area contributed by atoms with Crippen molar-refractivity contribution in [1.82, 2.24) is 9.97 Å². The first-order valence-electron chi connectivity index (χ1n) is 8.76. The first-order valence-corrected chi connectivity index (χ1v) is 9.50. The molecule has 0 aliphatic rings. The van der Waals surface area contributed by atoms with Crippen LogP contribution in [0.5, 0.6) is 0 Å². The third-order valence-corrected chi connectivity index (χ3v) is 4.51. The molecule has 3 aromatic rings. The maximum atomic E-state index is 12.3. The maximum absolute atomic E-state index is 12.3. The minimum absolute atomic E-state index is 0.323. The van der Waals surface area contributed by atoms with Crippen molar-refractivity contribution in [2.75, 3.05) is 22.6 Å². The van der Waals surface area contributed by atoms with Gasteiger partial charge in [0.1, 0.15) is 0 Å². The molecule has 7 nitrogen and oxygen atoms in total. The van der Waals surface area contributed by atoms with Crippen molar-refractivity contribution in [3.8, 4) is 0 Å². The minimum Gasteiger partial charge on any atom is -0.324 e. The Kier molecular flexibility index (Phi) is 6.83. The standard InChI is InChI=1S/C20H21N5O2S/c1-3-27-28-17-9-7-15(8-10-17)23-20(26)24-16-6-5-14(2)18(13-16)25-19-21-11-4-12-22-19/h4-13H,3H2,1-2H3,(H,21,22,25)(H2,23,24,26). The number of amides is 2. The summed E-state index contributed by atoms with van der Waals surface area (Å²) >= 11 is 1.31. The Morgan fingerprint density at radius 1 is 1.04 bits per heavy atom. The summed E-state index contributed by atoms with van der Waals surface area (Å²) in [5.74, 6) is 0.497. The van der Waals surface area contributed by atoms with Crippen LogP contribution in [-0.4, -0.2) is 22.6 Å². The van der Waals surface area contributed by atoms with Crippen LogP contribution in [0, 0.1) is 6.92 Å². The number of hydrogen-bond donors (Lipinski definition) is 3. The van der Waals surface area contributed by atoms with E-state index in [1.165, 1.54) is 12.0 Å². The van der Waals surface area contributed by atoms with E-state index in [2.05, 4.69) is 25.9 Å². The van der Waals surface area contributed by atoms with E-state index in [-0.39, 0.29) is 6.03 Å². The molecule has 144 valence electrons. The summed E-state index contributed by atoms with van der Waals surface area (Å²) < 4.78 is 5.29. The Balaban J connectivity index is 1.61. The lowest BCUT2D eigenvalue weighted by Gasteiger charge is -2.12. The predicted octanol–water partition coefficient (Wildman–Crippen LogP) is 5.22. The van der Waals surface area contributed by atoms with Crippen molar-refractivity contribution < 1.29 is 8.98 Å². The van der Waals surface area contributed by atoms with Crippen molar-refractivity contribution in [2.24, 2.45) is 0 Å². The molecule has 0 saturated carbocycles. The van der Waals surface area contributed by atoms with E-state index in [1.807, 2.05) is 56.3 Å². The van der Waals surface area contributed by atoms with Crippen molar-refractivity contribution in [2.45, 2.75) is 18.7 Å². The number of rotatable bonds is 7. The summed E-state index contributed by atoms with van der Waals surface area (Å²) in [6.45, 7) is 4.54. The van der Waals surface area contributed by atoms with Crippen LogP contribution in [0.25, 0.3) is 0 Å². The highest BCUT2D eigenvalue weighted by atomic mass is 32.2. The summed E-state index contributed by atoms with van der Waals surface area (Å²) in [4.78, 5) is 21.6. The van der Waals surface area contributed by atoms with E-state index in [4.69, 9.17) is 4.18 Å². The maximum Gasteiger partial charge on any atom is 0.323 e. The molecule has 0 saturated heterocycles. The third kappa shape index (κ3) is 5.70. The van der Waals surface area contributed by atoms with E-state index in [9.17, 15) is 4.79 Å². The van der Waals surface area contributed by atoms with Gasteiger partial charge in [-0.1, -0.05) is 6.07 Å². The average Bonchev–Trinajstić information content (AvgIpc) is 2.71. The number of benzene rings is 2. The van der Waals surface area contributed by atoms with Gasteiger partial charge in [0.25, 0.3) is 0 Å². The predicted molar refractivity (Wildman–Crippen MR) is 113 cm³/mol. The fraction of sp³-hybridized carbons (Fsp3) is 0.150. The molecular formula is C20H21N5O2S. The van der Waals surface area contributed by atoms with E-state index < -0.39 is 0 Å². The van der Waals surface area contributed by atoms with E-state index in [0.29, 0.717) is 23.9 Å². The van der Waals surface area contributed by atoms with Gasteiger partial charge in [-0.25, -0.2) is 14.8 Å². The summed E-state index contributed by atoms with van der Waals surface area (Å²) in [6, 6.07) is 14.5. The molecule has 1 aromatic heterocycles. The first-order chi connectivity index (χ1) is 13.6. The summed E-state index contributed by atoms with van der Waals surface area (Å²) in [7, 11) is 0. The van der Waals surface area contributed by atoms with Crippen molar-refractivity contribution in [1.29, 1.82) is 0 Å². The molecular weight excluding hydrogens is 374 g/mol. The Labute approximate surface area is 168 Å². The van der Waals surface area contributed by atoms with Gasteiger partial charge >= 0.3 is 6.03 Å². The molecule has 0 radical (unpaired) electrons. The van der Waals surface area contributed by atoms with Gasteiger partial charge < -0.3 is 20.1 Å². The lowest BCUT2D eigenvalue weighted by atomic mass is 10.2. The summed E-state index contributed by atoms with van der Waals surface area (Å²) in [6.07, 6.45) is 3.33. The largest absolute Gasteiger partial charge is 0.324 e. The SMILES string of the molecule is CCOSc1ccc(NC(=O)Nc2ccc(C)c(Nc3ncccn3)c2)cc1. The number of urea groups is 1. The monoisotopic (exact) mass is 395 g/mol. The van der Waals surface area contributed by atoms with Gasteiger partial charge in [0, 0.05) is 46.4 Å². The topological polar surface area (TPSA) is 88.2 Å². The minimum atomic E-state index is -0.323. The van der Waals surface area contributed by atoms with E-state index in [0.717, 1.165) is 16.1 Å². The highest BCUT2D eigenvalue weighted by Crippen LogP contribution is 2.23. The summed E-state index contributed by atoms with van der Waals surface area (Å²) in [5.41, 5.74) is 3.19. The number of carbonyl (C=O) groups excluding carboxylic acids is 1. The molecule has 2 amide bonds.